The van der Waals surface area contributed by atoms with Crippen LogP contribution in [-0.2, 0) is 0 Å². The molecule has 0 N–H and O–H groups in total. The van der Waals surface area contributed by atoms with E-state index in [9.17, 15) is 0 Å². The second kappa shape index (κ2) is 4.97. The molecule has 0 aliphatic heterocycles. The Bertz CT molecular complexity index is 743. The summed E-state index contributed by atoms with van der Waals surface area (Å²) in [6.45, 7) is 1.99. The first-order valence-corrected chi connectivity index (χ1v) is 6.67. The third kappa shape index (κ3) is 2.58. The van der Waals surface area contributed by atoms with Crippen molar-refractivity contribution in [2.75, 3.05) is 0 Å². The highest BCUT2D eigenvalue weighted by molar-refractivity contribution is 9.10. The van der Waals surface area contributed by atoms with E-state index in [-0.39, 0.29) is 0 Å². The molecule has 0 aliphatic carbocycles. The number of para-hydroxylation sites is 1. The maximum absolute atomic E-state index is 5.75. The van der Waals surface area contributed by atoms with E-state index < -0.39 is 0 Å². The van der Waals surface area contributed by atoms with E-state index in [1.54, 1.807) is 6.20 Å². The number of hydrogen-bond donors (Lipinski definition) is 0. The van der Waals surface area contributed by atoms with Crippen LogP contribution in [0.25, 0.3) is 10.9 Å². The lowest BCUT2D eigenvalue weighted by atomic mass is 10.2. The highest BCUT2D eigenvalue weighted by atomic mass is 79.9. The molecule has 0 saturated carbocycles. The predicted octanol–water partition coefficient (Wildman–Crippen LogP) is 4.49. The van der Waals surface area contributed by atoms with Crippen LogP contribution in [0.5, 0.6) is 11.8 Å². The van der Waals surface area contributed by atoms with Crippen molar-refractivity contribution in [2.45, 2.75) is 6.92 Å². The van der Waals surface area contributed by atoms with E-state index in [1.165, 1.54) is 0 Å². The Balaban J connectivity index is 1.98. The van der Waals surface area contributed by atoms with Gasteiger partial charge in [0.25, 0.3) is 0 Å². The molecule has 0 aliphatic rings. The molecule has 0 atom stereocenters. The average molecular weight is 315 g/mol. The van der Waals surface area contributed by atoms with Gasteiger partial charge >= 0.3 is 6.01 Å². The van der Waals surface area contributed by atoms with Crippen LogP contribution >= 0.6 is 15.9 Å². The fourth-order valence-electron chi connectivity index (χ4n) is 1.79. The largest absolute Gasteiger partial charge is 0.424 e. The SMILES string of the molecule is Cc1ccc(Br)cc1Oc1ncc2ccccc2n1. The Kier molecular flexibility index (Phi) is 3.17. The van der Waals surface area contributed by atoms with E-state index in [1.807, 2.05) is 49.4 Å². The van der Waals surface area contributed by atoms with Crippen LogP contribution in [0.3, 0.4) is 0 Å². The highest BCUT2D eigenvalue weighted by Crippen LogP contribution is 2.26. The molecule has 4 heteroatoms. The van der Waals surface area contributed by atoms with Gasteiger partial charge in [-0.3, -0.25) is 0 Å². The summed E-state index contributed by atoms with van der Waals surface area (Å²) in [6.07, 6.45) is 1.77. The van der Waals surface area contributed by atoms with Crippen LogP contribution in [0, 0.1) is 6.92 Å². The van der Waals surface area contributed by atoms with Crippen molar-refractivity contribution in [1.82, 2.24) is 9.97 Å². The molecule has 0 unspecified atom stereocenters. The van der Waals surface area contributed by atoms with Gasteiger partial charge in [-0.05, 0) is 30.7 Å². The van der Waals surface area contributed by atoms with E-state index in [0.29, 0.717) is 6.01 Å². The predicted molar refractivity (Wildman–Crippen MR) is 78.5 cm³/mol. The van der Waals surface area contributed by atoms with Crippen molar-refractivity contribution in [3.63, 3.8) is 0 Å². The third-order valence-corrected chi connectivity index (χ3v) is 3.31. The minimum absolute atomic E-state index is 0.361. The van der Waals surface area contributed by atoms with Gasteiger partial charge in [-0.25, -0.2) is 4.98 Å². The molecule has 0 fully saturated rings. The van der Waals surface area contributed by atoms with Gasteiger partial charge in [0.15, 0.2) is 0 Å². The topological polar surface area (TPSA) is 35.0 Å². The first-order valence-electron chi connectivity index (χ1n) is 5.88. The molecule has 1 aromatic heterocycles. The highest BCUT2D eigenvalue weighted by Gasteiger charge is 2.05. The number of aromatic nitrogens is 2. The van der Waals surface area contributed by atoms with Crippen molar-refractivity contribution in [3.05, 3.63) is 58.7 Å². The third-order valence-electron chi connectivity index (χ3n) is 2.82. The van der Waals surface area contributed by atoms with Gasteiger partial charge in [-0.15, -0.1) is 0 Å². The molecule has 94 valence electrons. The molecule has 0 radical (unpaired) electrons. The molecule has 3 aromatic rings. The molecule has 0 spiro atoms. The fraction of sp³-hybridized carbons (Fsp3) is 0.0667. The zero-order valence-corrected chi connectivity index (χ0v) is 11.9. The van der Waals surface area contributed by atoms with Gasteiger partial charge in [0, 0.05) is 16.1 Å². The fourth-order valence-corrected chi connectivity index (χ4v) is 2.13. The van der Waals surface area contributed by atoms with E-state index >= 15 is 0 Å². The Morgan fingerprint density at radius 1 is 1.11 bits per heavy atom. The molecule has 3 nitrogen and oxygen atoms in total. The summed E-state index contributed by atoms with van der Waals surface area (Å²) >= 11 is 3.43. The first kappa shape index (κ1) is 12.1. The maximum atomic E-state index is 5.75. The summed E-state index contributed by atoms with van der Waals surface area (Å²) in [5.74, 6) is 0.754. The van der Waals surface area contributed by atoms with E-state index in [4.69, 9.17) is 4.74 Å². The molecule has 0 amide bonds. The van der Waals surface area contributed by atoms with Crippen LogP contribution in [0.2, 0.25) is 0 Å². The average Bonchev–Trinajstić information content (AvgIpc) is 2.43. The number of nitrogens with zero attached hydrogens (tertiary/aromatic N) is 2. The lowest BCUT2D eigenvalue weighted by Gasteiger charge is -2.07. The summed E-state index contributed by atoms with van der Waals surface area (Å²) in [5.41, 5.74) is 1.92. The summed E-state index contributed by atoms with van der Waals surface area (Å²) in [5, 5.41) is 1.00. The molecular weight excluding hydrogens is 304 g/mol. The van der Waals surface area contributed by atoms with Gasteiger partial charge in [-0.2, -0.15) is 4.98 Å². The van der Waals surface area contributed by atoms with Crippen LogP contribution in [0.1, 0.15) is 5.56 Å². The Morgan fingerprint density at radius 2 is 1.95 bits per heavy atom. The smallest absolute Gasteiger partial charge is 0.322 e. The second-order valence-electron chi connectivity index (χ2n) is 4.22. The van der Waals surface area contributed by atoms with Crippen molar-refractivity contribution in [1.29, 1.82) is 0 Å². The Hall–Kier alpha value is -1.94. The van der Waals surface area contributed by atoms with Gasteiger partial charge in [0.1, 0.15) is 5.75 Å². The molecule has 3 rings (SSSR count). The number of benzene rings is 2. The van der Waals surface area contributed by atoms with Crippen molar-refractivity contribution < 1.29 is 4.74 Å². The summed E-state index contributed by atoms with van der Waals surface area (Å²) < 4.78 is 6.71. The van der Waals surface area contributed by atoms with Crippen molar-refractivity contribution in [3.8, 4) is 11.8 Å². The number of ether oxygens (including phenoxy) is 1. The number of aryl methyl sites for hydroxylation is 1. The molecule has 0 saturated heterocycles. The number of halogens is 1. The first-order chi connectivity index (χ1) is 9.22. The molecule has 2 aromatic carbocycles. The molecule has 0 bridgehead atoms. The van der Waals surface area contributed by atoms with Gasteiger partial charge < -0.3 is 4.74 Å². The van der Waals surface area contributed by atoms with E-state index in [0.717, 1.165) is 26.7 Å². The zero-order chi connectivity index (χ0) is 13.2. The monoisotopic (exact) mass is 314 g/mol. The van der Waals surface area contributed by atoms with Gasteiger partial charge in [0.05, 0.1) is 5.52 Å². The van der Waals surface area contributed by atoms with Crippen LogP contribution in [-0.4, -0.2) is 9.97 Å². The second-order valence-corrected chi connectivity index (χ2v) is 5.14. The normalized spacial score (nSPS) is 10.6. The molecular formula is C15H11BrN2O. The van der Waals surface area contributed by atoms with Crippen LogP contribution in [0.15, 0.2) is 53.1 Å². The minimum Gasteiger partial charge on any atom is -0.424 e. The standard InChI is InChI=1S/C15H11BrN2O/c1-10-6-7-12(16)8-14(10)19-15-17-9-11-4-2-3-5-13(11)18-15/h2-9H,1H3. The minimum atomic E-state index is 0.361. The van der Waals surface area contributed by atoms with Crippen LogP contribution < -0.4 is 4.74 Å². The number of hydrogen-bond acceptors (Lipinski definition) is 3. The summed E-state index contributed by atoms with van der Waals surface area (Å²) in [7, 11) is 0. The lowest BCUT2D eigenvalue weighted by molar-refractivity contribution is 0.441. The Morgan fingerprint density at radius 3 is 2.84 bits per heavy atom. The molecule has 19 heavy (non-hydrogen) atoms. The van der Waals surface area contributed by atoms with Crippen LogP contribution in [0.4, 0.5) is 0 Å². The van der Waals surface area contributed by atoms with Crippen molar-refractivity contribution >= 4 is 26.8 Å². The lowest BCUT2D eigenvalue weighted by Crippen LogP contribution is -1.93. The number of fused-ring (bicyclic) bond motifs is 1. The summed E-state index contributed by atoms with van der Waals surface area (Å²) in [4.78, 5) is 8.62. The Labute approximate surface area is 119 Å². The van der Waals surface area contributed by atoms with Crippen molar-refractivity contribution in [2.24, 2.45) is 0 Å². The number of rotatable bonds is 2. The zero-order valence-electron chi connectivity index (χ0n) is 10.3. The van der Waals surface area contributed by atoms with E-state index in [2.05, 4.69) is 25.9 Å². The van der Waals surface area contributed by atoms with Gasteiger partial charge in [0.2, 0.25) is 0 Å². The maximum Gasteiger partial charge on any atom is 0.322 e. The summed E-state index contributed by atoms with van der Waals surface area (Å²) in [6, 6.07) is 14.1. The molecule has 1 heterocycles. The quantitative estimate of drug-likeness (QED) is 0.699. The van der Waals surface area contributed by atoms with Gasteiger partial charge in [-0.1, -0.05) is 40.2 Å².